The quantitative estimate of drug-likeness (QED) is 0.534. The van der Waals surface area contributed by atoms with Crippen molar-refractivity contribution in [3.05, 3.63) is 12.8 Å². The van der Waals surface area contributed by atoms with Gasteiger partial charge in [-0.2, -0.15) is 0 Å². The van der Waals surface area contributed by atoms with Crippen LogP contribution in [0.3, 0.4) is 0 Å². The molecule has 106 valence electrons. The number of hydrogen-bond acceptors (Lipinski definition) is 2. The van der Waals surface area contributed by atoms with Gasteiger partial charge in [0.25, 0.3) is 0 Å². The van der Waals surface area contributed by atoms with Gasteiger partial charge < -0.3 is 4.74 Å². The number of carbonyl (C=O) groups excluding carboxylic acids is 1. The summed E-state index contributed by atoms with van der Waals surface area (Å²) in [6, 6.07) is 0. The highest BCUT2D eigenvalue weighted by Crippen LogP contribution is 2.41. The zero-order chi connectivity index (χ0) is 13.0. The molecule has 0 atom stereocenters. The van der Waals surface area contributed by atoms with Gasteiger partial charge in [0.05, 0.1) is 12.2 Å². The zero-order valence-electron chi connectivity index (χ0n) is 11.6. The van der Waals surface area contributed by atoms with E-state index in [-0.39, 0.29) is 14.7 Å². The van der Waals surface area contributed by atoms with Gasteiger partial charge in [0.1, 0.15) is 0 Å². The van der Waals surface area contributed by atoms with Crippen LogP contribution in [0, 0.1) is 23.7 Å². The van der Waals surface area contributed by atoms with Gasteiger partial charge in [-0.15, -0.1) is 0 Å². The zero-order valence-corrected chi connectivity index (χ0v) is 11.6. The second-order valence-electron chi connectivity index (χ2n) is 6.24. The highest BCUT2D eigenvalue weighted by Gasteiger charge is 2.32. The van der Waals surface area contributed by atoms with Crippen molar-refractivity contribution in [3.63, 3.8) is 0 Å². The monoisotopic (exact) mass is 254 g/mol. The molecule has 0 aromatic rings. The first-order valence-electron chi connectivity index (χ1n) is 7.52. The van der Waals surface area contributed by atoms with Crippen LogP contribution in [0.25, 0.3) is 0 Å². The van der Waals surface area contributed by atoms with E-state index >= 15 is 0 Å². The lowest BCUT2D eigenvalue weighted by Gasteiger charge is -2.36. The van der Waals surface area contributed by atoms with E-state index in [0.717, 1.165) is 30.6 Å². The molecule has 0 aromatic carbocycles. The van der Waals surface area contributed by atoms with Crippen LogP contribution >= 0.6 is 0 Å². The fraction of sp³-hybridized carbons (Fsp3) is 0.812. The molecule has 0 aliphatic heterocycles. The molecule has 2 aliphatic rings. The van der Waals surface area contributed by atoms with Crippen molar-refractivity contribution in [2.24, 2.45) is 23.7 Å². The first-order chi connectivity index (χ1) is 8.70. The largest absolute Gasteiger partial charge is 0.435 e. The van der Waals surface area contributed by atoms with Crippen molar-refractivity contribution < 1.29 is 12.4 Å². The number of esters is 1. The Morgan fingerprint density at radius 2 is 1.56 bits per heavy atom. The lowest BCUT2D eigenvalue weighted by atomic mass is 9.69. The topological polar surface area (TPSA) is 26.3 Å². The van der Waals surface area contributed by atoms with Gasteiger partial charge in [0, 0.05) is 2.85 Å². The Morgan fingerprint density at radius 1 is 1.06 bits per heavy atom. The predicted octanol–water partition coefficient (Wildman–Crippen LogP) is 4.80. The summed E-state index contributed by atoms with van der Waals surface area (Å²) in [6.07, 6.45) is 11.4. The molecule has 0 spiro atoms. The summed E-state index contributed by atoms with van der Waals surface area (Å²) < 4.78 is 4.90. The van der Waals surface area contributed by atoms with Crippen LogP contribution in [-0.4, -0.2) is 5.97 Å². The Kier molecular flexibility index (Phi) is 4.85. The van der Waals surface area contributed by atoms with Crippen molar-refractivity contribution in [1.82, 2.24) is 0 Å². The minimum atomic E-state index is -0.0688. The van der Waals surface area contributed by atoms with Crippen LogP contribution < -0.4 is 0 Å². The van der Waals surface area contributed by atoms with Gasteiger partial charge in [-0.3, -0.25) is 4.79 Å². The lowest BCUT2D eigenvalue weighted by Crippen LogP contribution is -2.28. The molecule has 0 amide bonds. The highest BCUT2D eigenvalue weighted by molar-refractivity contribution is 5.73. The van der Waals surface area contributed by atoms with E-state index in [1.807, 2.05) is 0 Å². The molecule has 2 rings (SSSR count). The molecular weight excluding hydrogens is 224 g/mol. The smallest absolute Gasteiger partial charge is 0.313 e. The maximum atomic E-state index is 11.6. The Bertz CT molecular complexity index is 291. The molecule has 18 heavy (non-hydrogen) atoms. The Morgan fingerprint density at radius 3 is 2.06 bits per heavy atom. The lowest BCUT2D eigenvalue weighted by molar-refractivity contribution is -0.144. The van der Waals surface area contributed by atoms with Crippen molar-refractivity contribution in [3.8, 4) is 0 Å². The second kappa shape index (κ2) is 6.40. The molecule has 0 unspecified atom stereocenters. The number of hydrogen-bond donors (Lipinski definition) is 0. The van der Waals surface area contributed by atoms with Gasteiger partial charge in [-0.1, -0.05) is 26.3 Å². The Labute approximate surface area is 114 Å². The van der Waals surface area contributed by atoms with Crippen LogP contribution in [0.1, 0.15) is 61.1 Å². The predicted molar refractivity (Wildman–Crippen MR) is 77.1 cm³/mol. The van der Waals surface area contributed by atoms with Crippen LogP contribution in [0.2, 0.25) is 0 Å². The number of rotatable bonds is 3. The summed E-state index contributed by atoms with van der Waals surface area (Å²) >= 11 is 0. The SMILES string of the molecule is C=COC(=O)C1CCC(C2CCC(C)CC2)CC1.[HH].[HH]. The molecule has 2 saturated carbocycles. The number of ether oxygens (including phenoxy) is 1. The van der Waals surface area contributed by atoms with Gasteiger partial charge in [-0.25, -0.2) is 0 Å². The third-order valence-electron chi connectivity index (χ3n) is 5.03. The first kappa shape index (κ1) is 13.6. The van der Waals surface area contributed by atoms with Crippen molar-refractivity contribution in [1.29, 1.82) is 0 Å². The molecule has 0 heterocycles. The average molecular weight is 254 g/mol. The standard InChI is InChI=1S/C16H26O2.2H2/c1-3-18-16(17)15-10-8-14(9-11-15)13-6-4-12(2)5-7-13;;/h3,12-15H,1,4-11H2,2H3;2*1H. The van der Waals surface area contributed by atoms with Gasteiger partial charge in [0.15, 0.2) is 0 Å². The fourth-order valence-corrected chi connectivity index (χ4v) is 3.76. The third-order valence-corrected chi connectivity index (χ3v) is 5.03. The van der Waals surface area contributed by atoms with Crippen LogP contribution in [0.15, 0.2) is 12.8 Å². The minimum absolute atomic E-state index is 0. The van der Waals surface area contributed by atoms with Crippen LogP contribution in [0.5, 0.6) is 0 Å². The summed E-state index contributed by atoms with van der Waals surface area (Å²) in [6.45, 7) is 5.82. The van der Waals surface area contributed by atoms with Gasteiger partial charge in [0.2, 0.25) is 0 Å². The molecule has 0 aromatic heterocycles. The van der Waals surface area contributed by atoms with Crippen molar-refractivity contribution in [2.45, 2.75) is 58.3 Å². The molecular formula is C16H30O2. The molecule has 0 N–H and O–H groups in total. The maximum absolute atomic E-state index is 11.6. The van der Waals surface area contributed by atoms with Crippen LogP contribution in [0.4, 0.5) is 0 Å². The van der Waals surface area contributed by atoms with E-state index in [1.165, 1.54) is 44.8 Å². The van der Waals surface area contributed by atoms with E-state index in [9.17, 15) is 4.79 Å². The summed E-state index contributed by atoms with van der Waals surface area (Å²) in [7, 11) is 0. The van der Waals surface area contributed by atoms with Crippen molar-refractivity contribution in [2.75, 3.05) is 0 Å². The van der Waals surface area contributed by atoms with Crippen LogP contribution in [-0.2, 0) is 9.53 Å². The summed E-state index contributed by atoms with van der Waals surface area (Å²) in [4.78, 5) is 11.6. The average Bonchev–Trinajstić information content (AvgIpc) is 2.40. The third kappa shape index (κ3) is 3.37. The summed E-state index contributed by atoms with van der Waals surface area (Å²) in [5, 5.41) is 0. The minimum Gasteiger partial charge on any atom is -0.435 e. The number of carbonyl (C=O) groups is 1. The fourth-order valence-electron chi connectivity index (χ4n) is 3.76. The van der Waals surface area contributed by atoms with E-state index < -0.39 is 0 Å². The van der Waals surface area contributed by atoms with Gasteiger partial charge >= 0.3 is 5.97 Å². The molecule has 0 radical (unpaired) electrons. The summed E-state index contributed by atoms with van der Waals surface area (Å²) in [5.41, 5.74) is 0. The molecule has 2 nitrogen and oxygen atoms in total. The van der Waals surface area contributed by atoms with Crippen molar-refractivity contribution >= 4 is 5.97 Å². The van der Waals surface area contributed by atoms with Gasteiger partial charge in [-0.05, 0) is 56.3 Å². The molecule has 2 fully saturated rings. The van der Waals surface area contributed by atoms with E-state index in [2.05, 4.69) is 13.5 Å². The van der Waals surface area contributed by atoms with E-state index in [1.54, 1.807) is 0 Å². The van der Waals surface area contributed by atoms with E-state index in [4.69, 9.17) is 4.74 Å². The molecule has 0 saturated heterocycles. The summed E-state index contributed by atoms with van der Waals surface area (Å²) in [5.74, 6) is 2.78. The second-order valence-corrected chi connectivity index (χ2v) is 6.24. The Balaban J connectivity index is 0.00000180. The molecule has 2 heteroatoms. The molecule has 0 bridgehead atoms. The van der Waals surface area contributed by atoms with E-state index in [0.29, 0.717) is 0 Å². The Hall–Kier alpha value is -0.790. The highest BCUT2D eigenvalue weighted by atomic mass is 16.5. The maximum Gasteiger partial charge on any atom is 0.313 e. The normalized spacial score (nSPS) is 36.9. The molecule has 2 aliphatic carbocycles. The first-order valence-corrected chi connectivity index (χ1v) is 7.52.